The van der Waals surface area contributed by atoms with Gasteiger partial charge in [0.15, 0.2) is 0 Å². The lowest BCUT2D eigenvalue weighted by atomic mass is 10.1. The molecule has 0 aliphatic carbocycles. The van der Waals surface area contributed by atoms with E-state index in [1.807, 2.05) is 30.1 Å². The second-order valence-electron chi connectivity index (χ2n) is 5.27. The van der Waals surface area contributed by atoms with Crippen molar-refractivity contribution in [2.24, 2.45) is 7.05 Å². The van der Waals surface area contributed by atoms with E-state index in [9.17, 15) is 5.11 Å². The van der Waals surface area contributed by atoms with Crippen molar-refractivity contribution >= 4 is 5.69 Å². The minimum Gasteiger partial charge on any atom is -0.508 e. The van der Waals surface area contributed by atoms with Gasteiger partial charge in [0.25, 0.3) is 0 Å². The third-order valence-corrected chi connectivity index (χ3v) is 3.44. The van der Waals surface area contributed by atoms with Crippen molar-refractivity contribution in [3.8, 4) is 5.75 Å². The molecule has 0 spiro atoms. The predicted molar refractivity (Wildman–Crippen MR) is 82.1 cm³/mol. The number of aromatic hydroxyl groups is 1. The summed E-state index contributed by atoms with van der Waals surface area (Å²) < 4.78 is 1.86. The molecular formula is C16H23N3O. The zero-order valence-electron chi connectivity index (χ0n) is 12.4. The smallest absolute Gasteiger partial charge is 0.115 e. The van der Waals surface area contributed by atoms with Gasteiger partial charge in [-0.15, -0.1) is 0 Å². The van der Waals surface area contributed by atoms with Crippen LogP contribution in [0, 0.1) is 0 Å². The molecule has 1 aromatic carbocycles. The number of aryl methyl sites for hydroxylation is 3. The summed E-state index contributed by atoms with van der Waals surface area (Å²) in [6.45, 7) is 4.31. The second kappa shape index (κ2) is 6.46. The molecule has 0 amide bonds. The van der Waals surface area contributed by atoms with E-state index in [-0.39, 0.29) is 0 Å². The normalized spacial score (nSPS) is 12.3. The molecule has 1 unspecified atom stereocenters. The first kappa shape index (κ1) is 14.4. The van der Waals surface area contributed by atoms with Gasteiger partial charge in [0, 0.05) is 19.3 Å². The molecule has 108 valence electrons. The van der Waals surface area contributed by atoms with Crippen LogP contribution >= 0.6 is 0 Å². The fraction of sp³-hybridized carbons (Fsp3) is 0.438. The summed E-state index contributed by atoms with van der Waals surface area (Å²) in [4.78, 5) is 0. The quantitative estimate of drug-likeness (QED) is 0.850. The maximum atomic E-state index is 9.27. The molecule has 0 saturated carbocycles. The zero-order chi connectivity index (χ0) is 14.5. The van der Waals surface area contributed by atoms with Crippen LogP contribution in [-0.2, 0) is 19.9 Å². The SMILES string of the molecule is CCc1nn(C)cc1NC(C)CCc1ccc(O)cc1. The van der Waals surface area contributed by atoms with Crippen molar-refractivity contribution in [2.75, 3.05) is 5.32 Å². The van der Waals surface area contributed by atoms with Gasteiger partial charge in [-0.3, -0.25) is 4.68 Å². The first-order valence-corrected chi connectivity index (χ1v) is 7.15. The molecule has 0 bridgehead atoms. The van der Waals surface area contributed by atoms with Crippen LogP contribution in [0.1, 0.15) is 31.5 Å². The number of hydrogen-bond acceptors (Lipinski definition) is 3. The zero-order valence-corrected chi connectivity index (χ0v) is 12.4. The van der Waals surface area contributed by atoms with Crippen molar-refractivity contribution in [1.82, 2.24) is 9.78 Å². The van der Waals surface area contributed by atoms with E-state index in [1.165, 1.54) is 5.56 Å². The molecule has 0 fully saturated rings. The lowest BCUT2D eigenvalue weighted by Crippen LogP contribution is -2.16. The van der Waals surface area contributed by atoms with Gasteiger partial charge < -0.3 is 10.4 Å². The summed E-state index contributed by atoms with van der Waals surface area (Å²) in [5, 5.41) is 17.2. The molecule has 1 atom stereocenters. The molecule has 1 heterocycles. The van der Waals surface area contributed by atoms with E-state index in [0.29, 0.717) is 11.8 Å². The minimum absolute atomic E-state index is 0.322. The number of anilines is 1. The van der Waals surface area contributed by atoms with E-state index in [4.69, 9.17) is 0 Å². The van der Waals surface area contributed by atoms with Crippen molar-refractivity contribution in [1.29, 1.82) is 0 Å². The van der Waals surface area contributed by atoms with Crippen molar-refractivity contribution in [3.63, 3.8) is 0 Å². The Balaban J connectivity index is 1.88. The van der Waals surface area contributed by atoms with Gasteiger partial charge >= 0.3 is 0 Å². The van der Waals surface area contributed by atoms with Crippen LogP contribution in [0.5, 0.6) is 5.75 Å². The molecule has 2 aromatic rings. The Labute approximate surface area is 120 Å². The average Bonchev–Trinajstić information content (AvgIpc) is 2.78. The van der Waals surface area contributed by atoms with Crippen LogP contribution < -0.4 is 5.32 Å². The van der Waals surface area contributed by atoms with Crippen molar-refractivity contribution in [2.45, 2.75) is 39.2 Å². The molecule has 0 saturated heterocycles. The maximum Gasteiger partial charge on any atom is 0.115 e. The van der Waals surface area contributed by atoms with Gasteiger partial charge in [-0.1, -0.05) is 19.1 Å². The first-order chi connectivity index (χ1) is 9.58. The van der Waals surface area contributed by atoms with Crippen molar-refractivity contribution in [3.05, 3.63) is 41.7 Å². The summed E-state index contributed by atoms with van der Waals surface area (Å²) in [7, 11) is 1.95. The van der Waals surface area contributed by atoms with Crippen LogP contribution in [0.15, 0.2) is 30.5 Å². The predicted octanol–water partition coefficient (Wildman–Crippen LogP) is 3.12. The number of phenols is 1. The summed E-state index contributed by atoms with van der Waals surface area (Å²) in [6, 6.07) is 7.82. The fourth-order valence-corrected chi connectivity index (χ4v) is 2.30. The molecular weight excluding hydrogens is 250 g/mol. The summed E-state index contributed by atoms with van der Waals surface area (Å²) >= 11 is 0. The molecule has 4 heteroatoms. The largest absolute Gasteiger partial charge is 0.508 e. The Bertz CT molecular complexity index is 545. The third kappa shape index (κ3) is 3.76. The molecule has 2 rings (SSSR count). The number of aromatic nitrogens is 2. The Morgan fingerprint density at radius 1 is 1.30 bits per heavy atom. The van der Waals surface area contributed by atoms with Crippen LogP contribution in [0.3, 0.4) is 0 Å². The Hall–Kier alpha value is -1.97. The van der Waals surface area contributed by atoms with E-state index >= 15 is 0 Å². The number of nitrogens with zero attached hydrogens (tertiary/aromatic N) is 2. The second-order valence-corrected chi connectivity index (χ2v) is 5.27. The molecule has 0 aliphatic rings. The number of nitrogens with one attached hydrogen (secondary N) is 1. The standard InChI is InChI=1S/C16H23N3O/c1-4-15-16(11-19(3)18-15)17-12(2)5-6-13-7-9-14(20)10-8-13/h7-12,17,20H,4-6H2,1-3H3. The minimum atomic E-state index is 0.322. The van der Waals surface area contributed by atoms with Crippen LogP contribution in [-0.4, -0.2) is 20.9 Å². The van der Waals surface area contributed by atoms with Crippen molar-refractivity contribution < 1.29 is 5.11 Å². The molecule has 20 heavy (non-hydrogen) atoms. The van der Waals surface area contributed by atoms with Crippen LogP contribution in [0.4, 0.5) is 5.69 Å². The third-order valence-electron chi connectivity index (χ3n) is 3.44. The first-order valence-electron chi connectivity index (χ1n) is 7.15. The Morgan fingerprint density at radius 2 is 2.00 bits per heavy atom. The number of benzene rings is 1. The van der Waals surface area contributed by atoms with E-state index < -0.39 is 0 Å². The van der Waals surface area contributed by atoms with E-state index in [2.05, 4.69) is 24.3 Å². The highest BCUT2D eigenvalue weighted by Crippen LogP contribution is 2.17. The summed E-state index contributed by atoms with van der Waals surface area (Å²) in [5.74, 6) is 0.322. The number of phenolic OH excluding ortho intramolecular Hbond substituents is 1. The highest BCUT2D eigenvalue weighted by molar-refractivity contribution is 5.47. The highest BCUT2D eigenvalue weighted by atomic mass is 16.3. The van der Waals surface area contributed by atoms with E-state index in [1.54, 1.807) is 12.1 Å². The molecule has 1 aromatic heterocycles. The monoisotopic (exact) mass is 273 g/mol. The van der Waals surface area contributed by atoms with Gasteiger partial charge in [0.1, 0.15) is 5.75 Å². The lowest BCUT2D eigenvalue weighted by Gasteiger charge is -2.14. The van der Waals surface area contributed by atoms with Gasteiger partial charge in [-0.05, 0) is 43.9 Å². The summed E-state index contributed by atoms with van der Waals surface area (Å²) in [5.41, 5.74) is 3.50. The van der Waals surface area contributed by atoms with Gasteiger partial charge in [0.05, 0.1) is 11.4 Å². The molecule has 0 aliphatic heterocycles. The van der Waals surface area contributed by atoms with Crippen LogP contribution in [0.2, 0.25) is 0 Å². The maximum absolute atomic E-state index is 9.27. The lowest BCUT2D eigenvalue weighted by molar-refractivity contribution is 0.475. The van der Waals surface area contributed by atoms with Gasteiger partial charge in [-0.25, -0.2) is 0 Å². The number of rotatable bonds is 6. The summed E-state index contributed by atoms with van der Waals surface area (Å²) in [6.07, 6.45) is 5.02. The number of hydrogen-bond donors (Lipinski definition) is 2. The van der Waals surface area contributed by atoms with Gasteiger partial charge in [0.2, 0.25) is 0 Å². The van der Waals surface area contributed by atoms with Crippen LogP contribution in [0.25, 0.3) is 0 Å². The topological polar surface area (TPSA) is 50.1 Å². The molecule has 2 N–H and O–H groups in total. The van der Waals surface area contributed by atoms with E-state index in [0.717, 1.165) is 30.6 Å². The Kier molecular flexibility index (Phi) is 4.66. The van der Waals surface area contributed by atoms with Gasteiger partial charge in [-0.2, -0.15) is 5.10 Å². The highest BCUT2D eigenvalue weighted by Gasteiger charge is 2.09. The average molecular weight is 273 g/mol. The molecule has 0 radical (unpaired) electrons. The fourth-order valence-electron chi connectivity index (χ4n) is 2.30. The molecule has 4 nitrogen and oxygen atoms in total. The Morgan fingerprint density at radius 3 is 2.65 bits per heavy atom.